The van der Waals surface area contributed by atoms with Gasteiger partial charge < -0.3 is 4.90 Å². The molecule has 0 fully saturated rings. The average molecular weight is 435 g/mol. The van der Waals surface area contributed by atoms with E-state index in [9.17, 15) is 22.0 Å². The number of nitrogens with zero attached hydrogens (tertiary/aromatic N) is 2. The van der Waals surface area contributed by atoms with E-state index in [-0.39, 0.29) is 22.4 Å². The van der Waals surface area contributed by atoms with E-state index in [1.165, 1.54) is 29.3 Å². The summed E-state index contributed by atoms with van der Waals surface area (Å²) in [5, 5.41) is 0.163. The standard InChI is InChI=1S/C19H15F2N3O3S2/c1-24-17-5-3-14(8-12(17)9-18(24)25)29(26,27)23-19-22-10-13(28-19)6-11-2-4-15(20)16(21)7-11/h2-5,7-8,10H,6,9H2,1H3,(H,22,23). The Labute approximate surface area is 169 Å². The Morgan fingerprint density at radius 2 is 1.97 bits per heavy atom. The fourth-order valence-electron chi connectivity index (χ4n) is 3.07. The monoisotopic (exact) mass is 435 g/mol. The van der Waals surface area contributed by atoms with Crippen LogP contribution in [0.25, 0.3) is 0 Å². The number of carbonyl (C=O) groups excluding carboxylic acids is 1. The van der Waals surface area contributed by atoms with Crippen molar-refractivity contribution >= 4 is 38.1 Å². The van der Waals surface area contributed by atoms with Gasteiger partial charge >= 0.3 is 0 Å². The van der Waals surface area contributed by atoms with E-state index in [1.54, 1.807) is 13.1 Å². The molecule has 3 aromatic rings. The number of benzene rings is 2. The zero-order valence-electron chi connectivity index (χ0n) is 15.1. The minimum atomic E-state index is -3.88. The van der Waals surface area contributed by atoms with Gasteiger partial charge in [-0.1, -0.05) is 6.07 Å². The van der Waals surface area contributed by atoms with Gasteiger partial charge in [0.05, 0.1) is 11.3 Å². The van der Waals surface area contributed by atoms with E-state index < -0.39 is 21.7 Å². The summed E-state index contributed by atoms with van der Waals surface area (Å²) < 4.78 is 54.2. The first-order valence-corrected chi connectivity index (χ1v) is 10.8. The number of likely N-dealkylation sites (N-methyl/N-ethyl adjacent to an activating group) is 1. The summed E-state index contributed by atoms with van der Waals surface area (Å²) >= 11 is 1.11. The van der Waals surface area contributed by atoms with Crippen LogP contribution in [0.15, 0.2) is 47.5 Å². The molecule has 1 aliphatic heterocycles. The molecule has 4 rings (SSSR count). The second-order valence-electron chi connectivity index (χ2n) is 6.58. The molecule has 6 nitrogen and oxygen atoms in total. The molecule has 150 valence electrons. The van der Waals surface area contributed by atoms with E-state index in [1.807, 2.05) is 0 Å². The molecule has 0 unspecified atom stereocenters. The lowest BCUT2D eigenvalue weighted by Gasteiger charge is -2.11. The minimum Gasteiger partial charge on any atom is -0.315 e. The number of aromatic nitrogens is 1. The Bertz CT molecular complexity index is 1230. The number of anilines is 2. The molecule has 29 heavy (non-hydrogen) atoms. The van der Waals surface area contributed by atoms with Crippen molar-refractivity contribution in [1.29, 1.82) is 0 Å². The van der Waals surface area contributed by atoms with Crippen LogP contribution in [-0.2, 0) is 27.7 Å². The second-order valence-corrected chi connectivity index (χ2v) is 9.38. The van der Waals surface area contributed by atoms with E-state index in [2.05, 4.69) is 9.71 Å². The number of nitrogens with one attached hydrogen (secondary N) is 1. The highest BCUT2D eigenvalue weighted by molar-refractivity contribution is 7.93. The minimum absolute atomic E-state index is 0.0386. The van der Waals surface area contributed by atoms with Crippen LogP contribution >= 0.6 is 11.3 Å². The van der Waals surface area contributed by atoms with Crippen LogP contribution in [0.3, 0.4) is 0 Å². The quantitative estimate of drug-likeness (QED) is 0.667. The van der Waals surface area contributed by atoms with Crippen LogP contribution in [0, 0.1) is 11.6 Å². The van der Waals surface area contributed by atoms with Crippen molar-refractivity contribution in [2.24, 2.45) is 0 Å². The second kappa shape index (κ2) is 7.20. The van der Waals surface area contributed by atoms with E-state index in [4.69, 9.17) is 0 Å². The summed E-state index contributed by atoms with van der Waals surface area (Å²) in [6.07, 6.45) is 1.94. The molecular weight excluding hydrogens is 420 g/mol. The number of amides is 1. The van der Waals surface area contributed by atoms with Gasteiger partial charge in [0.1, 0.15) is 0 Å². The van der Waals surface area contributed by atoms with Crippen molar-refractivity contribution in [3.05, 3.63) is 70.2 Å². The summed E-state index contributed by atoms with van der Waals surface area (Å²) in [7, 11) is -2.24. The molecule has 0 radical (unpaired) electrons. The summed E-state index contributed by atoms with van der Waals surface area (Å²) in [5.41, 5.74) is 1.89. The molecule has 1 amide bonds. The highest BCUT2D eigenvalue weighted by atomic mass is 32.2. The molecule has 0 aliphatic carbocycles. The maximum Gasteiger partial charge on any atom is 0.263 e. The zero-order chi connectivity index (χ0) is 20.8. The third-order valence-corrected chi connectivity index (χ3v) is 6.95. The Hall–Kier alpha value is -2.85. The smallest absolute Gasteiger partial charge is 0.263 e. The number of hydrogen-bond acceptors (Lipinski definition) is 5. The first-order chi connectivity index (χ1) is 13.7. The number of hydrogen-bond donors (Lipinski definition) is 1. The van der Waals surface area contributed by atoms with Gasteiger partial charge in [0.2, 0.25) is 5.91 Å². The fraction of sp³-hybridized carbons (Fsp3) is 0.158. The molecule has 10 heteroatoms. The molecular formula is C19H15F2N3O3S2. The third-order valence-electron chi connectivity index (χ3n) is 4.58. The van der Waals surface area contributed by atoms with Crippen LogP contribution in [-0.4, -0.2) is 26.4 Å². The predicted octanol–water partition coefficient (Wildman–Crippen LogP) is 3.33. The molecule has 0 atom stereocenters. The van der Waals surface area contributed by atoms with Gasteiger partial charge in [-0.05, 0) is 41.5 Å². The maximum absolute atomic E-state index is 13.3. The molecule has 1 aliphatic rings. The van der Waals surface area contributed by atoms with Crippen LogP contribution in [0.2, 0.25) is 0 Å². The van der Waals surface area contributed by atoms with Crippen LogP contribution in [0.5, 0.6) is 0 Å². The molecule has 1 aromatic heterocycles. The molecule has 1 N–H and O–H groups in total. The number of fused-ring (bicyclic) bond motifs is 1. The Morgan fingerprint density at radius 1 is 1.17 bits per heavy atom. The van der Waals surface area contributed by atoms with Crippen molar-refractivity contribution in [1.82, 2.24) is 4.98 Å². The molecule has 0 saturated heterocycles. The van der Waals surface area contributed by atoms with Gasteiger partial charge in [-0.2, -0.15) is 0 Å². The first kappa shape index (κ1) is 19.5. The van der Waals surface area contributed by atoms with Gasteiger partial charge in [0, 0.05) is 30.2 Å². The normalized spacial score (nSPS) is 13.6. The van der Waals surface area contributed by atoms with E-state index >= 15 is 0 Å². The molecule has 0 spiro atoms. The third kappa shape index (κ3) is 3.85. The number of thiazole rings is 1. The van der Waals surface area contributed by atoms with Gasteiger partial charge in [-0.3, -0.25) is 9.52 Å². The van der Waals surface area contributed by atoms with Crippen molar-refractivity contribution in [3.63, 3.8) is 0 Å². The maximum atomic E-state index is 13.3. The van der Waals surface area contributed by atoms with Gasteiger partial charge in [-0.25, -0.2) is 22.2 Å². The molecule has 0 saturated carbocycles. The van der Waals surface area contributed by atoms with Gasteiger partial charge in [0.15, 0.2) is 16.8 Å². The van der Waals surface area contributed by atoms with Crippen LogP contribution in [0.1, 0.15) is 16.0 Å². The van der Waals surface area contributed by atoms with Crippen molar-refractivity contribution in [2.75, 3.05) is 16.7 Å². The average Bonchev–Trinajstić information content (AvgIpc) is 3.21. The lowest BCUT2D eigenvalue weighted by atomic mass is 10.1. The highest BCUT2D eigenvalue weighted by Gasteiger charge is 2.26. The zero-order valence-corrected chi connectivity index (χ0v) is 16.8. The van der Waals surface area contributed by atoms with Crippen molar-refractivity contribution < 1.29 is 22.0 Å². The summed E-state index contributed by atoms with van der Waals surface area (Å²) in [6, 6.07) is 8.13. The summed E-state index contributed by atoms with van der Waals surface area (Å²) in [4.78, 5) is 18.1. The van der Waals surface area contributed by atoms with E-state index in [0.717, 1.165) is 23.5 Å². The van der Waals surface area contributed by atoms with Crippen LogP contribution in [0.4, 0.5) is 19.6 Å². The number of rotatable bonds is 5. The predicted molar refractivity (Wildman–Crippen MR) is 106 cm³/mol. The highest BCUT2D eigenvalue weighted by Crippen LogP contribution is 2.31. The largest absolute Gasteiger partial charge is 0.315 e. The number of carbonyl (C=O) groups is 1. The Kier molecular flexibility index (Phi) is 4.83. The van der Waals surface area contributed by atoms with Crippen molar-refractivity contribution in [2.45, 2.75) is 17.7 Å². The molecule has 2 aromatic carbocycles. The van der Waals surface area contributed by atoms with E-state index in [0.29, 0.717) is 28.1 Å². The topological polar surface area (TPSA) is 79.4 Å². The Morgan fingerprint density at radius 3 is 2.72 bits per heavy atom. The lowest BCUT2D eigenvalue weighted by Crippen LogP contribution is -2.20. The summed E-state index contributed by atoms with van der Waals surface area (Å²) in [5.74, 6) is -1.95. The number of sulfonamides is 1. The van der Waals surface area contributed by atoms with Crippen molar-refractivity contribution in [3.8, 4) is 0 Å². The number of halogens is 2. The fourth-order valence-corrected chi connectivity index (χ4v) is 5.21. The van der Waals surface area contributed by atoms with Gasteiger partial charge in [0.25, 0.3) is 10.0 Å². The van der Waals surface area contributed by atoms with Crippen LogP contribution < -0.4 is 9.62 Å². The SMILES string of the molecule is CN1C(=O)Cc2cc(S(=O)(=O)Nc3ncc(Cc4ccc(F)c(F)c4)s3)ccc21. The first-order valence-electron chi connectivity index (χ1n) is 8.54. The summed E-state index contributed by atoms with van der Waals surface area (Å²) in [6.45, 7) is 0. The molecule has 2 heterocycles. The van der Waals surface area contributed by atoms with Gasteiger partial charge in [-0.15, -0.1) is 11.3 Å². The lowest BCUT2D eigenvalue weighted by molar-refractivity contribution is -0.117. The Balaban J connectivity index is 1.51. The molecule has 0 bridgehead atoms.